The van der Waals surface area contributed by atoms with Crippen LogP contribution >= 0.6 is 0 Å². The minimum Gasteiger partial charge on any atom is -0.481 e. The second-order valence-corrected chi connectivity index (χ2v) is 4.22. The molecule has 96 valence electrons. The average molecular weight is 239 g/mol. The quantitative estimate of drug-likeness (QED) is 0.792. The van der Waals surface area contributed by atoms with Gasteiger partial charge in [0.05, 0.1) is 23.9 Å². The van der Waals surface area contributed by atoms with Crippen molar-refractivity contribution in [3.63, 3.8) is 0 Å². The lowest BCUT2D eigenvalue weighted by molar-refractivity contribution is -0.136. The van der Waals surface area contributed by atoms with E-state index >= 15 is 0 Å². The van der Waals surface area contributed by atoms with Crippen molar-refractivity contribution in [2.75, 3.05) is 0 Å². The molecule has 0 bridgehead atoms. The normalized spacial score (nSPS) is 11.1. The Morgan fingerprint density at radius 3 is 2.47 bits per heavy atom. The van der Waals surface area contributed by atoms with E-state index in [2.05, 4.69) is 31.1 Å². The molecule has 1 rings (SSSR count). The van der Waals surface area contributed by atoms with Crippen molar-refractivity contribution < 1.29 is 9.90 Å². The van der Waals surface area contributed by atoms with Gasteiger partial charge in [0.2, 0.25) is 0 Å². The van der Waals surface area contributed by atoms with Gasteiger partial charge in [0.15, 0.2) is 0 Å². The summed E-state index contributed by atoms with van der Waals surface area (Å²) in [5.74, 6) is -0.848. The fourth-order valence-electron chi connectivity index (χ4n) is 2.05. The number of aromatic nitrogens is 3. The Morgan fingerprint density at radius 1 is 1.35 bits per heavy atom. The molecular weight excluding hydrogens is 218 g/mol. The van der Waals surface area contributed by atoms with E-state index in [0.29, 0.717) is 11.7 Å². The van der Waals surface area contributed by atoms with E-state index < -0.39 is 5.97 Å². The number of carboxylic acids is 1. The maximum absolute atomic E-state index is 10.8. The van der Waals surface area contributed by atoms with Gasteiger partial charge >= 0.3 is 5.97 Å². The van der Waals surface area contributed by atoms with Crippen LogP contribution < -0.4 is 0 Å². The first-order valence-corrected chi connectivity index (χ1v) is 6.28. The summed E-state index contributed by atoms with van der Waals surface area (Å²) in [5, 5.41) is 17.0. The van der Waals surface area contributed by atoms with E-state index in [1.54, 1.807) is 0 Å². The molecule has 0 unspecified atom stereocenters. The molecule has 0 aliphatic rings. The van der Waals surface area contributed by atoms with Crippen LogP contribution in [0.25, 0.3) is 0 Å². The zero-order chi connectivity index (χ0) is 12.8. The predicted molar refractivity (Wildman–Crippen MR) is 65.0 cm³/mol. The molecule has 1 N–H and O–H groups in total. The highest BCUT2D eigenvalue weighted by molar-refractivity contribution is 5.69. The zero-order valence-corrected chi connectivity index (χ0v) is 10.8. The van der Waals surface area contributed by atoms with Crippen LogP contribution in [0.5, 0.6) is 0 Å². The van der Waals surface area contributed by atoms with Crippen LogP contribution in [0, 0.1) is 0 Å². The summed E-state index contributed by atoms with van der Waals surface area (Å²) in [6, 6.07) is 0.326. The average Bonchev–Trinajstić information content (AvgIpc) is 2.64. The van der Waals surface area contributed by atoms with E-state index in [4.69, 9.17) is 5.11 Å². The van der Waals surface area contributed by atoms with Gasteiger partial charge < -0.3 is 5.11 Å². The van der Waals surface area contributed by atoms with Crippen molar-refractivity contribution in [1.82, 2.24) is 15.0 Å². The molecule has 5 nitrogen and oxygen atoms in total. The van der Waals surface area contributed by atoms with E-state index in [-0.39, 0.29) is 6.42 Å². The van der Waals surface area contributed by atoms with Crippen molar-refractivity contribution in [1.29, 1.82) is 0 Å². The fraction of sp³-hybridized carbons (Fsp3) is 0.750. The first-order chi connectivity index (χ1) is 8.13. The largest absolute Gasteiger partial charge is 0.481 e. The molecule has 0 saturated heterocycles. The van der Waals surface area contributed by atoms with Gasteiger partial charge in [-0.3, -0.25) is 4.79 Å². The summed E-state index contributed by atoms with van der Waals surface area (Å²) in [6.07, 6.45) is 3.76. The minimum atomic E-state index is -0.848. The molecule has 0 radical (unpaired) electrons. The van der Waals surface area contributed by atoms with Gasteiger partial charge in [-0.2, -0.15) is 0 Å². The van der Waals surface area contributed by atoms with E-state index in [9.17, 15) is 4.79 Å². The number of hydrogen-bond acceptors (Lipinski definition) is 3. The van der Waals surface area contributed by atoms with Gasteiger partial charge in [0, 0.05) is 0 Å². The second-order valence-electron chi connectivity index (χ2n) is 4.22. The monoisotopic (exact) mass is 239 g/mol. The number of rotatable bonds is 7. The maximum Gasteiger partial charge on any atom is 0.309 e. The Balaban J connectivity index is 3.04. The number of hydrogen-bond donors (Lipinski definition) is 1. The molecule has 0 saturated carbocycles. The number of carbonyl (C=O) groups is 1. The lowest BCUT2D eigenvalue weighted by atomic mass is 10.1. The lowest BCUT2D eigenvalue weighted by Crippen LogP contribution is -2.13. The smallest absolute Gasteiger partial charge is 0.309 e. The molecule has 0 aliphatic carbocycles. The summed E-state index contributed by atoms with van der Waals surface area (Å²) in [6.45, 7) is 6.31. The van der Waals surface area contributed by atoms with Crippen LogP contribution in [0.15, 0.2) is 0 Å². The third-order valence-electron chi connectivity index (χ3n) is 2.97. The minimum absolute atomic E-state index is 0.0323. The van der Waals surface area contributed by atoms with Crippen molar-refractivity contribution >= 4 is 5.97 Å². The SMILES string of the molecule is CCCc1c(CC(=O)O)nnn1C(CC)CC. The summed E-state index contributed by atoms with van der Waals surface area (Å²) < 4.78 is 1.92. The summed E-state index contributed by atoms with van der Waals surface area (Å²) in [5.41, 5.74) is 1.61. The number of nitrogens with zero attached hydrogens (tertiary/aromatic N) is 3. The van der Waals surface area contributed by atoms with Crippen molar-refractivity contribution in [2.45, 2.75) is 58.9 Å². The van der Waals surface area contributed by atoms with Gasteiger partial charge in [-0.1, -0.05) is 32.4 Å². The Bertz CT molecular complexity index is 370. The first kappa shape index (κ1) is 13.7. The molecule has 0 aromatic carbocycles. The van der Waals surface area contributed by atoms with Gasteiger partial charge in [-0.25, -0.2) is 4.68 Å². The third-order valence-corrected chi connectivity index (χ3v) is 2.97. The molecule has 0 spiro atoms. The van der Waals surface area contributed by atoms with Crippen LogP contribution in [-0.4, -0.2) is 26.1 Å². The molecule has 17 heavy (non-hydrogen) atoms. The Kier molecular flexibility index (Phi) is 5.12. The van der Waals surface area contributed by atoms with E-state index in [1.165, 1.54) is 0 Å². The van der Waals surface area contributed by atoms with Crippen molar-refractivity contribution in [3.05, 3.63) is 11.4 Å². The molecule has 5 heteroatoms. The third kappa shape index (κ3) is 3.28. The molecule has 1 aromatic rings. The van der Waals surface area contributed by atoms with Crippen LogP contribution in [0.4, 0.5) is 0 Å². The second kappa shape index (κ2) is 6.37. The van der Waals surface area contributed by atoms with Crippen LogP contribution in [-0.2, 0) is 17.6 Å². The highest BCUT2D eigenvalue weighted by Gasteiger charge is 2.18. The van der Waals surface area contributed by atoms with E-state index in [1.807, 2.05) is 4.68 Å². The van der Waals surface area contributed by atoms with Crippen molar-refractivity contribution in [3.8, 4) is 0 Å². The van der Waals surface area contributed by atoms with Gasteiger partial charge in [0.1, 0.15) is 0 Å². The fourth-order valence-corrected chi connectivity index (χ4v) is 2.05. The number of aliphatic carboxylic acids is 1. The summed E-state index contributed by atoms with van der Waals surface area (Å²) >= 11 is 0. The topological polar surface area (TPSA) is 68.0 Å². The summed E-state index contributed by atoms with van der Waals surface area (Å²) in [7, 11) is 0. The zero-order valence-electron chi connectivity index (χ0n) is 10.8. The molecule has 1 heterocycles. The molecule has 0 aliphatic heterocycles. The highest BCUT2D eigenvalue weighted by atomic mass is 16.4. The van der Waals surface area contributed by atoms with E-state index in [0.717, 1.165) is 31.4 Å². The van der Waals surface area contributed by atoms with Crippen LogP contribution in [0.3, 0.4) is 0 Å². The Labute approximate surface area is 102 Å². The first-order valence-electron chi connectivity index (χ1n) is 6.28. The molecule has 1 aromatic heterocycles. The predicted octanol–water partition coefficient (Wildman–Crippen LogP) is 2.22. The number of carboxylic acid groups (broad SMARTS) is 1. The highest BCUT2D eigenvalue weighted by Crippen LogP contribution is 2.20. The van der Waals surface area contributed by atoms with Gasteiger partial charge in [-0.15, -0.1) is 5.10 Å². The van der Waals surface area contributed by atoms with Crippen LogP contribution in [0.2, 0.25) is 0 Å². The molecule has 0 fully saturated rings. The Morgan fingerprint density at radius 2 is 2.00 bits per heavy atom. The van der Waals surface area contributed by atoms with Crippen molar-refractivity contribution in [2.24, 2.45) is 0 Å². The van der Waals surface area contributed by atoms with Gasteiger partial charge in [0.25, 0.3) is 0 Å². The molecular formula is C12H21N3O2. The van der Waals surface area contributed by atoms with Crippen LogP contribution in [0.1, 0.15) is 57.5 Å². The Hall–Kier alpha value is -1.39. The molecule has 0 amide bonds. The lowest BCUT2D eigenvalue weighted by Gasteiger charge is -2.15. The van der Waals surface area contributed by atoms with Gasteiger partial charge in [-0.05, 0) is 19.3 Å². The standard InChI is InChI=1S/C12H21N3O2/c1-4-7-11-10(8-12(16)17)13-14-15(11)9(5-2)6-3/h9H,4-8H2,1-3H3,(H,16,17). The molecule has 0 atom stereocenters. The maximum atomic E-state index is 10.8. The summed E-state index contributed by atoms with van der Waals surface area (Å²) in [4.78, 5) is 10.8.